The van der Waals surface area contributed by atoms with Crippen LogP contribution in [0.15, 0.2) is 29.6 Å². The van der Waals surface area contributed by atoms with Gasteiger partial charge in [-0.25, -0.2) is 4.79 Å². The number of aliphatic carboxylic acids is 1. The van der Waals surface area contributed by atoms with Crippen molar-refractivity contribution in [3.8, 4) is 0 Å². The first-order valence-electron chi connectivity index (χ1n) is 10.3. The Balaban J connectivity index is 1.46. The number of rotatable bonds is 3. The zero-order valence-electron chi connectivity index (χ0n) is 16.4. The van der Waals surface area contributed by atoms with Crippen molar-refractivity contribution < 1.29 is 19.5 Å². The fourth-order valence-electron chi connectivity index (χ4n) is 6.47. The third-order valence-electron chi connectivity index (χ3n) is 7.55. The van der Waals surface area contributed by atoms with Crippen LogP contribution in [0.5, 0.6) is 0 Å². The molecule has 0 aromatic carbocycles. The minimum absolute atomic E-state index is 0.0453. The molecule has 8 unspecified atom stereocenters. The van der Waals surface area contributed by atoms with Gasteiger partial charge in [0.2, 0.25) is 11.8 Å². The number of thiazole rings is 1. The molecule has 10 heteroatoms. The molecule has 160 valence electrons. The summed E-state index contributed by atoms with van der Waals surface area (Å²) in [4.78, 5) is 47.9. The van der Waals surface area contributed by atoms with E-state index in [1.807, 2.05) is 12.3 Å². The van der Waals surface area contributed by atoms with Gasteiger partial charge in [0.1, 0.15) is 6.04 Å². The second-order valence-electron chi connectivity index (χ2n) is 8.81. The van der Waals surface area contributed by atoms with Gasteiger partial charge in [-0.15, -0.1) is 23.1 Å². The molecule has 31 heavy (non-hydrogen) atoms. The number of amides is 2. The second-order valence-corrected chi connectivity index (χ2v) is 11.7. The molecular formula is C21H19N3O4S3. The van der Waals surface area contributed by atoms with Gasteiger partial charge in [0.05, 0.1) is 16.9 Å². The van der Waals surface area contributed by atoms with Gasteiger partial charge in [-0.1, -0.05) is 6.07 Å². The third-order valence-corrected chi connectivity index (χ3v) is 10.5. The highest BCUT2D eigenvalue weighted by atomic mass is 32.2. The first-order chi connectivity index (χ1) is 14.9. The Morgan fingerprint density at radius 1 is 1.32 bits per heavy atom. The first-order valence-corrected chi connectivity index (χ1v) is 12.4. The van der Waals surface area contributed by atoms with Crippen molar-refractivity contribution in [2.75, 3.05) is 0 Å². The number of nitrogens with one attached hydrogen (secondary N) is 1. The normalized spacial score (nSPS) is 36.3. The molecule has 0 radical (unpaired) electrons. The molecule has 8 atom stereocenters. The number of nitrogens with zero attached hydrogens (tertiary/aromatic N) is 2. The molecule has 1 saturated heterocycles. The van der Waals surface area contributed by atoms with Crippen LogP contribution in [0.1, 0.15) is 29.7 Å². The van der Waals surface area contributed by atoms with Crippen molar-refractivity contribution in [2.45, 2.75) is 35.6 Å². The van der Waals surface area contributed by atoms with Crippen molar-refractivity contribution in [3.63, 3.8) is 0 Å². The summed E-state index contributed by atoms with van der Waals surface area (Å²) in [5.74, 6) is -2.24. The van der Waals surface area contributed by atoms with E-state index in [4.69, 9.17) is 12.2 Å². The number of carboxylic acid groups (broad SMARTS) is 1. The number of imide groups is 1. The molecule has 0 spiro atoms. The number of likely N-dealkylation sites (tertiary alicyclic amines) is 1. The maximum absolute atomic E-state index is 13.3. The van der Waals surface area contributed by atoms with Crippen molar-refractivity contribution in [3.05, 3.63) is 38.9 Å². The van der Waals surface area contributed by atoms with Gasteiger partial charge in [0.15, 0.2) is 3.95 Å². The summed E-state index contributed by atoms with van der Waals surface area (Å²) in [6.45, 7) is 1.42. The Morgan fingerprint density at radius 3 is 2.74 bits per heavy atom. The molecule has 6 rings (SSSR count). The van der Waals surface area contributed by atoms with Crippen LogP contribution in [0.25, 0.3) is 0 Å². The quantitative estimate of drug-likeness (QED) is 0.521. The van der Waals surface area contributed by atoms with Crippen molar-refractivity contribution >= 4 is 53.1 Å². The predicted octanol–water partition coefficient (Wildman–Crippen LogP) is 3.15. The molecule has 2 aromatic rings. The fraction of sp³-hybridized carbons (Fsp3) is 0.476. The van der Waals surface area contributed by atoms with Crippen molar-refractivity contribution in [1.29, 1.82) is 0 Å². The van der Waals surface area contributed by atoms with Crippen LogP contribution in [-0.4, -0.2) is 49.0 Å². The van der Waals surface area contributed by atoms with E-state index >= 15 is 0 Å². The molecule has 3 fully saturated rings. The number of carbonyl (C=O) groups is 3. The highest BCUT2D eigenvalue weighted by molar-refractivity contribution is 8.00. The number of hydrogen-bond donors (Lipinski definition) is 2. The van der Waals surface area contributed by atoms with Gasteiger partial charge < -0.3 is 10.1 Å². The van der Waals surface area contributed by atoms with Crippen LogP contribution in [0.3, 0.4) is 0 Å². The van der Waals surface area contributed by atoms with E-state index in [2.05, 4.69) is 16.0 Å². The van der Waals surface area contributed by atoms with Crippen molar-refractivity contribution in [2.24, 2.45) is 29.6 Å². The van der Waals surface area contributed by atoms with E-state index in [-0.39, 0.29) is 40.7 Å². The number of fused-ring (bicyclic) bond motifs is 9. The topological polar surface area (TPSA) is 103 Å². The van der Waals surface area contributed by atoms with Gasteiger partial charge in [-0.2, -0.15) is 0 Å². The zero-order valence-corrected chi connectivity index (χ0v) is 18.9. The average molecular weight is 474 g/mol. The summed E-state index contributed by atoms with van der Waals surface area (Å²) < 4.78 is 0.729. The standard InChI is InChI=1S/C21H19N3O4S3/c1-7(20(27)28)24-18(25)13-9-5-10(14(13)19(24)26)15-12(9)11(8-3-2-4-22-6-8)16-17(30-15)23-21(29)31-16/h2-4,6-7,9-15H,5H2,1H3,(H,23,29)(H,27,28). The average Bonchev–Trinajstić information content (AvgIpc) is 3.47. The molecular weight excluding hydrogens is 454 g/mol. The lowest BCUT2D eigenvalue weighted by Gasteiger charge is -2.42. The van der Waals surface area contributed by atoms with Gasteiger partial charge in [0, 0.05) is 28.4 Å². The number of pyridine rings is 1. The maximum Gasteiger partial charge on any atom is 0.326 e. The maximum atomic E-state index is 13.3. The SMILES string of the molecule is CC(C(=O)O)N1C(=O)C2C3CC(C2C1=O)C1C(c2cccnc2)c2sc(=S)[nH]c2SC31. The monoisotopic (exact) mass is 473 g/mol. The molecule has 2 bridgehead atoms. The third kappa shape index (κ3) is 2.55. The smallest absolute Gasteiger partial charge is 0.326 e. The van der Waals surface area contributed by atoms with Gasteiger partial charge in [-0.05, 0) is 54.9 Å². The molecule has 7 nitrogen and oxygen atoms in total. The van der Waals surface area contributed by atoms with Crippen LogP contribution in [0.2, 0.25) is 0 Å². The number of aromatic nitrogens is 2. The summed E-state index contributed by atoms with van der Waals surface area (Å²) in [5, 5.41) is 10.7. The summed E-state index contributed by atoms with van der Waals surface area (Å²) in [7, 11) is 0. The summed E-state index contributed by atoms with van der Waals surface area (Å²) in [6, 6.07) is 2.86. The number of carboxylic acids is 1. The Hall–Kier alpha value is -2.04. The summed E-state index contributed by atoms with van der Waals surface area (Å²) in [5.41, 5.74) is 1.10. The Morgan fingerprint density at radius 2 is 2.06 bits per heavy atom. The van der Waals surface area contributed by atoms with Crippen LogP contribution >= 0.6 is 35.3 Å². The van der Waals surface area contributed by atoms with E-state index in [0.717, 1.165) is 25.9 Å². The largest absolute Gasteiger partial charge is 0.480 e. The number of aromatic amines is 1. The molecule has 2 aromatic heterocycles. The number of carbonyl (C=O) groups excluding carboxylic acids is 2. The molecule has 2 N–H and O–H groups in total. The van der Waals surface area contributed by atoms with Crippen LogP contribution in [-0.2, 0) is 14.4 Å². The van der Waals surface area contributed by atoms with Crippen molar-refractivity contribution in [1.82, 2.24) is 14.9 Å². The highest BCUT2D eigenvalue weighted by Crippen LogP contribution is 2.68. The summed E-state index contributed by atoms with van der Waals surface area (Å²) in [6.07, 6.45) is 4.46. The lowest BCUT2D eigenvalue weighted by atomic mass is 9.68. The molecule has 2 saturated carbocycles. The van der Waals surface area contributed by atoms with E-state index in [1.165, 1.54) is 11.8 Å². The predicted molar refractivity (Wildman–Crippen MR) is 116 cm³/mol. The number of hydrogen-bond acceptors (Lipinski definition) is 7. The highest BCUT2D eigenvalue weighted by Gasteiger charge is 2.70. The van der Waals surface area contributed by atoms with Gasteiger partial charge in [0.25, 0.3) is 0 Å². The Bertz CT molecular complexity index is 1180. The molecule has 4 aliphatic rings. The lowest BCUT2D eigenvalue weighted by Crippen LogP contribution is -2.44. The van der Waals surface area contributed by atoms with Crippen LogP contribution < -0.4 is 0 Å². The second kappa shape index (κ2) is 6.73. The minimum atomic E-state index is -1.15. The van der Waals surface area contributed by atoms with E-state index in [1.54, 1.807) is 29.3 Å². The fourth-order valence-corrected chi connectivity index (χ4v) is 9.80. The molecule has 2 amide bonds. The van der Waals surface area contributed by atoms with Gasteiger partial charge in [-0.3, -0.25) is 19.5 Å². The Labute approximate surface area is 191 Å². The van der Waals surface area contributed by atoms with Gasteiger partial charge >= 0.3 is 5.97 Å². The lowest BCUT2D eigenvalue weighted by molar-refractivity contribution is -0.154. The molecule has 2 aliphatic heterocycles. The molecule has 4 heterocycles. The minimum Gasteiger partial charge on any atom is -0.480 e. The number of thioether (sulfide) groups is 1. The van der Waals surface area contributed by atoms with Crippen LogP contribution in [0, 0.1) is 33.5 Å². The van der Waals surface area contributed by atoms with E-state index in [9.17, 15) is 19.5 Å². The zero-order chi connectivity index (χ0) is 21.6. The van der Waals surface area contributed by atoms with Crippen LogP contribution in [0.4, 0.5) is 0 Å². The summed E-state index contributed by atoms with van der Waals surface area (Å²) >= 11 is 8.76. The van der Waals surface area contributed by atoms with E-state index < -0.39 is 23.8 Å². The number of H-pyrrole nitrogens is 1. The Kier molecular flexibility index (Phi) is 4.26. The first kappa shape index (κ1) is 19.6. The molecule has 2 aliphatic carbocycles. The van der Waals surface area contributed by atoms with E-state index in [0.29, 0.717) is 0 Å².